The summed E-state index contributed by atoms with van der Waals surface area (Å²) in [5, 5.41) is 14.4. The van der Waals surface area contributed by atoms with Crippen molar-refractivity contribution >= 4 is 16.5 Å². The maximum Gasteiger partial charge on any atom is 0.205 e. The van der Waals surface area contributed by atoms with Crippen LogP contribution in [0.25, 0.3) is 0 Å². The normalized spacial score (nSPS) is 22.3. The van der Waals surface area contributed by atoms with Crippen LogP contribution in [0, 0.1) is 0 Å². The van der Waals surface area contributed by atoms with Gasteiger partial charge in [-0.2, -0.15) is 0 Å². The molecule has 1 N–H and O–H groups in total. The van der Waals surface area contributed by atoms with Crippen molar-refractivity contribution in [3.8, 4) is 0 Å². The smallest absolute Gasteiger partial charge is 0.205 e. The largest absolute Gasteiger partial charge is 0.357 e. The second-order valence-electron chi connectivity index (χ2n) is 5.48. The molecule has 0 bridgehead atoms. The van der Waals surface area contributed by atoms with E-state index in [2.05, 4.69) is 27.3 Å². The van der Waals surface area contributed by atoms with Gasteiger partial charge in [-0.1, -0.05) is 18.3 Å². The van der Waals surface area contributed by atoms with Crippen LogP contribution in [0.1, 0.15) is 50.0 Å². The number of hydrogen-bond donors (Lipinski definition) is 1. The van der Waals surface area contributed by atoms with Gasteiger partial charge in [0.25, 0.3) is 0 Å². The molecule has 1 aliphatic heterocycles. The fourth-order valence-corrected chi connectivity index (χ4v) is 3.57. The van der Waals surface area contributed by atoms with Gasteiger partial charge in [0.15, 0.2) is 0 Å². The molecule has 3 rings (SSSR count). The molecule has 1 aromatic rings. The van der Waals surface area contributed by atoms with Gasteiger partial charge < -0.3 is 10.2 Å². The molecule has 18 heavy (non-hydrogen) atoms. The first-order chi connectivity index (χ1) is 8.85. The van der Waals surface area contributed by atoms with Crippen molar-refractivity contribution in [1.82, 2.24) is 15.1 Å². The van der Waals surface area contributed by atoms with Crippen LogP contribution in [-0.4, -0.2) is 40.8 Å². The van der Waals surface area contributed by atoms with Crippen molar-refractivity contribution in [2.24, 2.45) is 0 Å². The average Bonchev–Trinajstić information content (AvgIpc) is 3.13. The van der Waals surface area contributed by atoms with Gasteiger partial charge in [0.1, 0.15) is 5.01 Å². The van der Waals surface area contributed by atoms with E-state index in [1.807, 2.05) is 0 Å². The number of nitrogens with one attached hydrogen (secondary N) is 1. The molecule has 0 spiro atoms. The second kappa shape index (κ2) is 5.53. The van der Waals surface area contributed by atoms with Crippen LogP contribution in [-0.2, 0) is 0 Å². The van der Waals surface area contributed by atoms with E-state index in [1.165, 1.54) is 56.7 Å². The lowest BCUT2D eigenvalue weighted by molar-refractivity contribution is 0.219. The lowest BCUT2D eigenvalue weighted by Crippen LogP contribution is -2.39. The van der Waals surface area contributed by atoms with Gasteiger partial charge >= 0.3 is 0 Å². The molecule has 0 unspecified atom stereocenters. The molecule has 1 saturated carbocycles. The Morgan fingerprint density at radius 2 is 2.00 bits per heavy atom. The molecule has 1 aliphatic carbocycles. The van der Waals surface area contributed by atoms with E-state index in [-0.39, 0.29) is 0 Å². The van der Waals surface area contributed by atoms with Crippen molar-refractivity contribution in [2.45, 2.75) is 51.0 Å². The summed E-state index contributed by atoms with van der Waals surface area (Å²) in [7, 11) is 0. The topological polar surface area (TPSA) is 41.0 Å². The summed E-state index contributed by atoms with van der Waals surface area (Å²) in [5.74, 6) is 0.726. The van der Waals surface area contributed by atoms with Crippen LogP contribution in [0.4, 0.5) is 5.13 Å². The second-order valence-corrected chi connectivity index (χ2v) is 6.49. The van der Waals surface area contributed by atoms with Crippen LogP contribution < -0.4 is 5.32 Å². The standard InChI is InChI=1S/C13H22N4S/c1-2-7-17-8-5-11(6-9-17)14-13-16-15-12(18-13)10-3-4-10/h10-11H,2-9H2,1H3,(H,14,16). The van der Waals surface area contributed by atoms with Gasteiger partial charge in [-0.05, 0) is 38.6 Å². The summed E-state index contributed by atoms with van der Waals surface area (Å²) in [6, 6.07) is 0.595. The molecule has 2 aliphatic rings. The van der Waals surface area contributed by atoms with Crippen molar-refractivity contribution < 1.29 is 0 Å². The Kier molecular flexibility index (Phi) is 3.80. The minimum atomic E-state index is 0.595. The van der Waals surface area contributed by atoms with Gasteiger partial charge in [0, 0.05) is 25.0 Å². The number of likely N-dealkylation sites (tertiary alicyclic amines) is 1. The van der Waals surface area contributed by atoms with Gasteiger partial charge in [-0.3, -0.25) is 0 Å². The molecule has 5 heteroatoms. The van der Waals surface area contributed by atoms with E-state index < -0.39 is 0 Å². The van der Waals surface area contributed by atoms with E-state index in [0.717, 1.165) is 11.0 Å². The lowest BCUT2D eigenvalue weighted by Gasteiger charge is -2.31. The number of rotatable bonds is 5. The van der Waals surface area contributed by atoms with E-state index in [9.17, 15) is 0 Å². The van der Waals surface area contributed by atoms with Crippen molar-refractivity contribution in [3.63, 3.8) is 0 Å². The predicted molar refractivity (Wildman–Crippen MR) is 75.3 cm³/mol. The van der Waals surface area contributed by atoms with Gasteiger partial charge in [0.05, 0.1) is 0 Å². The third-order valence-corrected chi connectivity index (χ3v) is 4.84. The molecular formula is C13H22N4S. The van der Waals surface area contributed by atoms with E-state index in [1.54, 1.807) is 11.3 Å². The molecule has 4 nitrogen and oxygen atoms in total. The fraction of sp³-hybridized carbons (Fsp3) is 0.846. The van der Waals surface area contributed by atoms with Crippen molar-refractivity contribution in [3.05, 3.63) is 5.01 Å². The highest BCUT2D eigenvalue weighted by Gasteiger charge is 2.28. The predicted octanol–water partition coefficient (Wildman–Crippen LogP) is 2.70. The Morgan fingerprint density at radius 3 is 2.67 bits per heavy atom. The number of piperidine rings is 1. The highest BCUT2D eigenvalue weighted by atomic mass is 32.1. The summed E-state index contributed by atoms with van der Waals surface area (Å²) < 4.78 is 0. The highest BCUT2D eigenvalue weighted by molar-refractivity contribution is 7.15. The zero-order valence-electron chi connectivity index (χ0n) is 11.1. The minimum absolute atomic E-state index is 0.595. The summed E-state index contributed by atoms with van der Waals surface area (Å²) in [4.78, 5) is 2.56. The monoisotopic (exact) mass is 266 g/mol. The Labute approximate surface area is 113 Å². The molecule has 0 amide bonds. The summed E-state index contributed by atoms with van der Waals surface area (Å²) in [6.07, 6.45) is 6.35. The van der Waals surface area contributed by atoms with Crippen LogP contribution >= 0.6 is 11.3 Å². The number of nitrogens with zero attached hydrogens (tertiary/aromatic N) is 3. The Hall–Kier alpha value is -0.680. The Balaban J connectivity index is 1.47. The lowest BCUT2D eigenvalue weighted by atomic mass is 10.1. The molecule has 2 heterocycles. The fourth-order valence-electron chi connectivity index (χ4n) is 2.58. The SMILES string of the molecule is CCCN1CCC(Nc2nnc(C3CC3)s2)CC1. The average molecular weight is 266 g/mol. The highest BCUT2D eigenvalue weighted by Crippen LogP contribution is 2.42. The van der Waals surface area contributed by atoms with Crippen LogP contribution in [0.3, 0.4) is 0 Å². The first-order valence-electron chi connectivity index (χ1n) is 7.17. The first kappa shape index (κ1) is 12.4. The number of anilines is 1. The minimum Gasteiger partial charge on any atom is -0.357 e. The third kappa shape index (κ3) is 3.01. The van der Waals surface area contributed by atoms with Crippen LogP contribution in [0.2, 0.25) is 0 Å². The van der Waals surface area contributed by atoms with Crippen LogP contribution in [0.5, 0.6) is 0 Å². The summed E-state index contributed by atoms with van der Waals surface area (Å²) in [6.45, 7) is 5.95. The van der Waals surface area contributed by atoms with E-state index in [0.29, 0.717) is 6.04 Å². The zero-order valence-corrected chi connectivity index (χ0v) is 11.9. The molecule has 100 valence electrons. The van der Waals surface area contributed by atoms with E-state index in [4.69, 9.17) is 0 Å². The first-order valence-corrected chi connectivity index (χ1v) is 7.99. The molecule has 0 aromatic carbocycles. The maximum absolute atomic E-state index is 4.28. The quantitative estimate of drug-likeness (QED) is 0.889. The zero-order chi connectivity index (χ0) is 12.4. The molecule has 2 fully saturated rings. The van der Waals surface area contributed by atoms with E-state index >= 15 is 0 Å². The third-order valence-electron chi connectivity index (χ3n) is 3.82. The Morgan fingerprint density at radius 1 is 1.22 bits per heavy atom. The summed E-state index contributed by atoms with van der Waals surface area (Å²) >= 11 is 1.76. The molecule has 1 aromatic heterocycles. The van der Waals surface area contributed by atoms with Gasteiger partial charge in [0.2, 0.25) is 5.13 Å². The maximum atomic E-state index is 4.28. The Bertz CT molecular complexity index is 380. The summed E-state index contributed by atoms with van der Waals surface area (Å²) in [5.41, 5.74) is 0. The van der Waals surface area contributed by atoms with Gasteiger partial charge in [-0.15, -0.1) is 10.2 Å². The molecular weight excluding hydrogens is 244 g/mol. The van der Waals surface area contributed by atoms with Crippen molar-refractivity contribution in [2.75, 3.05) is 25.0 Å². The molecule has 0 radical (unpaired) electrons. The molecule has 1 saturated heterocycles. The number of hydrogen-bond acceptors (Lipinski definition) is 5. The molecule has 0 atom stereocenters. The van der Waals surface area contributed by atoms with Crippen LogP contribution in [0.15, 0.2) is 0 Å². The van der Waals surface area contributed by atoms with Gasteiger partial charge in [-0.25, -0.2) is 0 Å². The van der Waals surface area contributed by atoms with Crippen molar-refractivity contribution in [1.29, 1.82) is 0 Å². The number of aromatic nitrogens is 2.